The summed E-state index contributed by atoms with van der Waals surface area (Å²) in [7, 11) is 1.64. The van der Waals surface area contributed by atoms with Crippen LogP contribution in [0.25, 0.3) is 0 Å². The highest BCUT2D eigenvalue weighted by molar-refractivity contribution is 5.81. The molecule has 0 saturated carbocycles. The lowest BCUT2D eigenvalue weighted by Crippen LogP contribution is -2.45. The van der Waals surface area contributed by atoms with Gasteiger partial charge in [0.2, 0.25) is 5.91 Å². The molecule has 0 aromatic heterocycles. The molecule has 2 N–H and O–H groups in total. The van der Waals surface area contributed by atoms with Crippen LogP contribution in [0.3, 0.4) is 0 Å². The van der Waals surface area contributed by atoms with Crippen LogP contribution in [0.1, 0.15) is 25.8 Å². The number of nitrogens with zero attached hydrogens (tertiary/aromatic N) is 2. The fourth-order valence-electron chi connectivity index (χ4n) is 2.91. The van der Waals surface area contributed by atoms with Gasteiger partial charge in [0.15, 0.2) is 5.96 Å². The molecule has 1 unspecified atom stereocenters. The normalized spacial score (nSPS) is 17.9. The Hall–Kier alpha value is -2.18. The van der Waals surface area contributed by atoms with E-state index >= 15 is 0 Å². The molecule has 1 aromatic carbocycles. The molecule has 25 heavy (non-hydrogen) atoms. The van der Waals surface area contributed by atoms with Gasteiger partial charge < -0.3 is 15.5 Å². The quantitative estimate of drug-likeness (QED) is 0.629. The van der Waals surface area contributed by atoms with Crippen molar-refractivity contribution in [2.24, 2.45) is 10.9 Å². The highest BCUT2D eigenvalue weighted by atomic mass is 19.1. The zero-order chi connectivity index (χ0) is 18.4. The van der Waals surface area contributed by atoms with E-state index in [1.165, 1.54) is 18.2 Å². The SMILES string of the molecule is CN=C(NCCc1c(F)cccc1F)NC1CCN(C(=O)C(C)C)C1. The Kier molecular flexibility index (Phi) is 6.73. The number of rotatable bonds is 5. The van der Waals surface area contributed by atoms with Gasteiger partial charge in [0, 0.05) is 44.2 Å². The monoisotopic (exact) mass is 352 g/mol. The predicted octanol–water partition coefficient (Wildman–Crippen LogP) is 1.93. The molecule has 1 fully saturated rings. The number of guanidine groups is 1. The average molecular weight is 352 g/mol. The number of amides is 1. The van der Waals surface area contributed by atoms with Crippen molar-refractivity contribution in [3.63, 3.8) is 0 Å². The van der Waals surface area contributed by atoms with E-state index in [2.05, 4.69) is 15.6 Å². The number of hydrogen-bond donors (Lipinski definition) is 2. The van der Waals surface area contributed by atoms with E-state index in [-0.39, 0.29) is 29.9 Å². The van der Waals surface area contributed by atoms with Gasteiger partial charge in [-0.2, -0.15) is 0 Å². The fraction of sp³-hybridized carbons (Fsp3) is 0.556. The largest absolute Gasteiger partial charge is 0.356 e. The molecule has 1 heterocycles. The summed E-state index contributed by atoms with van der Waals surface area (Å²) < 4.78 is 27.2. The van der Waals surface area contributed by atoms with Crippen molar-refractivity contribution >= 4 is 11.9 Å². The molecule has 0 bridgehead atoms. The number of carbonyl (C=O) groups is 1. The van der Waals surface area contributed by atoms with E-state index in [1.54, 1.807) is 7.05 Å². The van der Waals surface area contributed by atoms with Gasteiger partial charge in [-0.1, -0.05) is 19.9 Å². The minimum atomic E-state index is -0.539. The number of aliphatic imine (C=N–C) groups is 1. The molecule has 1 aliphatic rings. The van der Waals surface area contributed by atoms with Gasteiger partial charge >= 0.3 is 0 Å². The third-order valence-corrected chi connectivity index (χ3v) is 4.29. The van der Waals surface area contributed by atoms with Crippen LogP contribution in [0.4, 0.5) is 8.78 Å². The van der Waals surface area contributed by atoms with Crippen molar-refractivity contribution in [1.82, 2.24) is 15.5 Å². The van der Waals surface area contributed by atoms with Gasteiger partial charge in [-0.25, -0.2) is 8.78 Å². The summed E-state index contributed by atoms with van der Waals surface area (Å²) in [5.41, 5.74) is 0.0695. The number of benzene rings is 1. The molecule has 2 rings (SSSR count). The lowest BCUT2D eigenvalue weighted by Gasteiger charge is -2.20. The van der Waals surface area contributed by atoms with Gasteiger partial charge in [-0.15, -0.1) is 0 Å². The molecular formula is C18H26F2N4O. The van der Waals surface area contributed by atoms with Crippen LogP contribution < -0.4 is 10.6 Å². The van der Waals surface area contributed by atoms with Crippen molar-refractivity contribution in [3.8, 4) is 0 Å². The topological polar surface area (TPSA) is 56.7 Å². The Bertz CT molecular complexity index is 613. The van der Waals surface area contributed by atoms with Crippen LogP contribution in [0.15, 0.2) is 23.2 Å². The summed E-state index contributed by atoms with van der Waals surface area (Å²) in [5, 5.41) is 6.33. The Morgan fingerprint density at radius 2 is 2.04 bits per heavy atom. The van der Waals surface area contributed by atoms with Gasteiger partial charge in [0.05, 0.1) is 0 Å². The smallest absolute Gasteiger partial charge is 0.225 e. The summed E-state index contributed by atoms with van der Waals surface area (Å²) in [6.07, 6.45) is 1.07. The minimum Gasteiger partial charge on any atom is -0.356 e. The maximum absolute atomic E-state index is 13.6. The number of halogens is 2. The fourth-order valence-corrected chi connectivity index (χ4v) is 2.91. The standard InChI is InChI=1S/C18H26F2N4O/c1-12(2)17(25)24-10-8-13(11-24)23-18(21-3)22-9-7-14-15(19)5-4-6-16(14)20/h4-6,12-13H,7-11H2,1-3H3,(H2,21,22,23). The molecular weight excluding hydrogens is 326 g/mol. The van der Waals surface area contributed by atoms with Crippen molar-refractivity contribution in [1.29, 1.82) is 0 Å². The van der Waals surface area contributed by atoms with Crippen LogP contribution >= 0.6 is 0 Å². The lowest BCUT2D eigenvalue weighted by molar-refractivity contribution is -0.133. The highest BCUT2D eigenvalue weighted by Crippen LogP contribution is 2.13. The molecule has 0 radical (unpaired) electrons. The van der Waals surface area contributed by atoms with Crippen molar-refractivity contribution < 1.29 is 13.6 Å². The molecule has 1 saturated heterocycles. The number of nitrogens with one attached hydrogen (secondary N) is 2. The average Bonchev–Trinajstić information content (AvgIpc) is 3.04. The molecule has 7 heteroatoms. The zero-order valence-electron chi connectivity index (χ0n) is 15.0. The van der Waals surface area contributed by atoms with Crippen LogP contribution in [0, 0.1) is 17.6 Å². The zero-order valence-corrected chi connectivity index (χ0v) is 15.0. The van der Waals surface area contributed by atoms with Crippen LogP contribution in [-0.4, -0.2) is 49.5 Å². The molecule has 138 valence electrons. The van der Waals surface area contributed by atoms with Crippen molar-refractivity contribution in [3.05, 3.63) is 35.4 Å². The second kappa shape index (κ2) is 8.78. The predicted molar refractivity (Wildman–Crippen MR) is 94.4 cm³/mol. The van der Waals surface area contributed by atoms with E-state index < -0.39 is 11.6 Å². The number of hydrogen-bond acceptors (Lipinski definition) is 2. The van der Waals surface area contributed by atoms with E-state index in [0.29, 0.717) is 19.0 Å². The van der Waals surface area contributed by atoms with Crippen LogP contribution in [0.5, 0.6) is 0 Å². The first-order valence-corrected chi connectivity index (χ1v) is 8.61. The lowest BCUT2D eigenvalue weighted by atomic mass is 10.1. The molecule has 1 aromatic rings. The number of likely N-dealkylation sites (tertiary alicyclic amines) is 1. The second-order valence-electron chi connectivity index (χ2n) is 6.52. The minimum absolute atomic E-state index is 0.00754. The Labute approximate surface area is 147 Å². The van der Waals surface area contributed by atoms with Crippen LogP contribution in [-0.2, 0) is 11.2 Å². The Morgan fingerprint density at radius 3 is 2.64 bits per heavy atom. The summed E-state index contributed by atoms with van der Waals surface area (Å²) in [6.45, 7) is 5.52. The van der Waals surface area contributed by atoms with E-state index in [4.69, 9.17) is 0 Å². The summed E-state index contributed by atoms with van der Waals surface area (Å²) >= 11 is 0. The molecule has 5 nitrogen and oxygen atoms in total. The summed E-state index contributed by atoms with van der Waals surface area (Å²) in [4.78, 5) is 18.0. The first-order valence-electron chi connectivity index (χ1n) is 8.61. The molecule has 1 atom stereocenters. The van der Waals surface area contributed by atoms with Crippen LogP contribution in [0.2, 0.25) is 0 Å². The van der Waals surface area contributed by atoms with Crippen molar-refractivity contribution in [2.75, 3.05) is 26.7 Å². The van der Waals surface area contributed by atoms with Gasteiger partial charge in [-0.3, -0.25) is 9.79 Å². The molecule has 0 aliphatic carbocycles. The van der Waals surface area contributed by atoms with E-state index in [0.717, 1.165) is 13.0 Å². The second-order valence-corrected chi connectivity index (χ2v) is 6.52. The first-order chi connectivity index (χ1) is 11.9. The van der Waals surface area contributed by atoms with Gasteiger partial charge in [-0.05, 0) is 25.0 Å². The van der Waals surface area contributed by atoms with Crippen molar-refractivity contribution in [2.45, 2.75) is 32.7 Å². The third-order valence-electron chi connectivity index (χ3n) is 4.29. The Balaban J connectivity index is 1.81. The maximum atomic E-state index is 13.6. The number of carbonyl (C=O) groups excluding carboxylic acids is 1. The first kappa shape index (κ1) is 19.1. The summed E-state index contributed by atoms with van der Waals surface area (Å²) in [5.74, 6) is -0.360. The molecule has 1 amide bonds. The van der Waals surface area contributed by atoms with Gasteiger partial charge in [0.1, 0.15) is 11.6 Å². The van der Waals surface area contributed by atoms with Gasteiger partial charge in [0.25, 0.3) is 0 Å². The molecule has 1 aliphatic heterocycles. The third kappa shape index (κ3) is 5.14. The Morgan fingerprint density at radius 1 is 1.36 bits per heavy atom. The van der Waals surface area contributed by atoms with E-state index in [1.807, 2.05) is 18.7 Å². The maximum Gasteiger partial charge on any atom is 0.225 e. The summed E-state index contributed by atoms with van der Waals surface area (Å²) in [6, 6.07) is 3.99. The molecule has 0 spiro atoms. The highest BCUT2D eigenvalue weighted by Gasteiger charge is 2.27. The van der Waals surface area contributed by atoms with E-state index in [9.17, 15) is 13.6 Å².